The Labute approximate surface area is 137 Å². The van der Waals surface area contributed by atoms with Crippen molar-refractivity contribution in [1.82, 2.24) is 4.31 Å². The van der Waals surface area contributed by atoms with Gasteiger partial charge in [-0.1, -0.05) is 12.1 Å². The van der Waals surface area contributed by atoms with Gasteiger partial charge in [0.15, 0.2) is 0 Å². The molecule has 1 saturated heterocycles. The largest absolute Gasteiger partial charge is 0.365 e. The molecule has 126 valence electrons. The molecule has 1 aliphatic rings. The lowest BCUT2D eigenvalue weighted by molar-refractivity contribution is -0.125. The van der Waals surface area contributed by atoms with Crippen molar-refractivity contribution in [3.63, 3.8) is 0 Å². The van der Waals surface area contributed by atoms with Gasteiger partial charge in [0.05, 0.1) is 11.5 Å². The Balaban J connectivity index is 2.10. The first kappa shape index (κ1) is 17.7. The van der Waals surface area contributed by atoms with Crippen molar-refractivity contribution in [3.8, 4) is 0 Å². The maximum atomic E-state index is 12.5. The van der Waals surface area contributed by atoms with Crippen molar-refractivity contribution in [2.24, 2.45) is 0 Å². The Morgan fingerprint density at radius 1 is 1.43 bits per heavy atom. The molecule has 1 amide bonds. The molecule has 1 fully saturated rings. The minimum absolute atomic E-state index is 0.192. The Hall–Kier alpha value is -1.70. The Kier molecular flexibility index (Phi) is 5.92. The number of amides is 1. The van der Waals surface area contributed by atoms with Crippen molar-refractivity contribution in [3.05, 3.63) is 36.9 Å². The van der Waals surface area contributed by atoms with E-state index in [9.17, 15) is 13.2 Å². The van der Waals surface area contributed by atoms with Gasteiger partial charge in [0.2, 0.25) is 10.0 Å². The summed E-state index contributed by atoms with van der Waals surface area (Å²) < 4.78 is 31.8. The quantitative estimate of drug-likeness (QED) is 0.772. The van der Waals surface area contributed by atoms with E-state index in [0.717, 1.165) is 12.8 Å². The summed E-state index contributed by atoms with van der Waals surface area (Å²) in [6.45, 7) is 6.52. The molecular weight excluding hydrogens is 316 g/mol. The van der Waals surface area contributed by atoms with Gasteiger partial charge in [0.25, 0.3) is 5.91 Å². The second kappa shape index (κ2) is 7.72. The van der Waals surface area contributed by atoms with Gasteiger partial charge in [-0.15, -0.1) is 6.58 Å². The third-order valence-electron chi connectivity index (χ3n) is 3.64. The van der Waals surface area contributed by atoms with Crippen LogP contribution in [0.5, 0.6) is 0 Å². The summed E-state index contributed by atoms with van der Waals surface area (Å²) in [6.07, 6.45) is 2.68. The van der Waals surface area contributed by atoms with Crippen molar-refractivity contribution >= 4 is 21.6 Å². The summed E-state index contributed by atoms with van der Waals surface area (Å²) in [5.41, 5.74) is 0.435. The highest BCUT2D eigenvalue weighted by Crippen LogP contribution is 2.23. The number of benzene rings is 1. The molecule has 1 aromatic rings. The molecule has 2 rings (SSSR count). The number of anilines is 1. The minimum Gasteiger partial charge on any atom is -0.365 e. The topological polar surface area (TPSA) is 75.7 Å². The second-order valence-corrected chi connectivity index (χ2v) is 7.33. The van der Waals surface area contributed by atoms with E-state index in [0.29, 0.717) is 18.8 Å². The van der Waals surface area contributed by atoms with E-state index in [1.54, 1.807) is 31.2 Å². The smallest absolute Gasteiger partial charge is 0.253 e. The van der Waals surface area contributed by atoms with Crippen molar-refractivity contribution in [1.29, 1.82) is 0 Å². The number of rotatable bonds is 7. The van der Waals surface area contributed by atoms with Crippen LogP contribution in [0.3, 0.4) is 0 Å². The van der Waals surface area contributed by atoms with E-state index in [1.165, 1.54) is 10.4 Å². The lowest BCUT2D eigenvalue weighted by Crippen LogP contribution is -2.29. The molecule has 0 aromatic heterocycles. The summed E-state index contributed by atoms with van der Waals surface area (Å²) >= 11 is 0. The fourth-order valence-electron chi connectivity index (χ4n) is 2.34. The summed E-state index contributed by atoms with van der Waals surface area (Å²) in [6, 6.07) is 6.29. The molecule has 1 N–H and O–H groups in total. The maximum absolute atomic E-state index is 12.5. The highest BCUT2D eigenvalue weighted by molar-refractivity contribution is 7.89. The zero-order valence-electron chi connectivity index (χ0n) is 13.2. The third-order valence-corrected chi connectivity index (χ3v) is 5.53. The molecular formula is C16H22N2O4S. The fraction of sp³-hybridized carbons (Fsp3) is 0.438. The van der Waals surface area contributed by atoms with Crippen molar-refractivity contribution in [2.45, 2.75) is 30.8 Å². The van der Waals surface area contributed by atoms with Crippen LogP contribution in [0.4, 0.5) is 5.69 Å². The molecule has 7 heteroatoms. The summed E-state index contributed by atoms with van der Waals surface area (Å²) in [5.74, 6) is -0.331. The maximum Gasteiger partial charge on any atom is 0.253 e. The van der Waals surface area contributed by atoms with Gasteiger partial charge in [-0.3, -0.25) is 4.79 Å². The molecule has 23 heavy (non-hydrogen) atoms. The number of carbonyl (C=O) groups excluding carboxylic acids is 1. The summed E-state index contributed by atoms with van der Waals surface area (Å²) in [5, 5.41) is 2.67. The van der Waals surface area contributed by atoms with Crippen LogP contribution < -0.4 is 5.32 Å². The van der Waals surface area contributed by atoms with Gasteiger partial charge in [-0.2, -0.15) is 4.31 Å². The number of ether oxygens (including phenoxy) is 1. The Morgan fingerprint density at radius 3 is 2.78 bits per heavy atom. The molecule has 0 radical (unpaired) electrons. The third kappa shape index (κ3) is 4.40. The Morgan fingerprint density at radius 2 is 2.13 bits per heavy atom. The highest BCUT2D eigenvalue weighted by atomic mass is 32.2. The standard InChI is InChI=1S/C16H22N2O4S/c1-3-11-22-13(2)16(19)17-14-7-6-8-15(12-14)23(20,21)18-9-4-5-10-18/h3,6-8,12-13H,1,4-5,9-11H2,2H3,(H,17,19)/t13-/m0/s1. The average molecular weight is 338 g/mol. The average Bonchev–Trinajstić information content (AvgIpc) is 3.08. The van der Waals surface area contributed by atoms with E-state index >= 15 is 0 Å². The molecule has 6 nitrogen and oxygen atoms in total. The lowest BCUT2D eigenvalue weighted by Gasteiger charge is -2.17. The summed E-state index contributed by atoms with van der Waals surface area (Å²) in [7, 11) is -3.49. The van der Waals surface area contributed by atoms with Crippen molar-refractivity contribution in [2.75, 3.05) is 25.0 Å². The zero-order chi connectivity index (χ0) is 16.9. The van der Waals surface area contributed by atoms with E-state index < -0.39 is 16.1 Å². The van der Waals surface area contributed by atoms with E-state index in [1.807, 2.05) is 0 Å². The SMILES string of the molecule is C=CCO[C@@H](C)C(=O)Nc1cccc(S(=O)(=O)N2CCCC2)c1. The number of nitrogens with one attached hydrogen (secondary N) is 1. The molecule has 0 bridgehead atoms. The number of hydrogen-bond donors (Lipinski definition) is 1. The molecule has 1 atom stereocenters. The first-order valence-electron chi connectivity index (χ1n) is 7.58. The molecule has 1 heterocycles. The predicted molar refractivity (Wildman–Crippen MR) is 88.7 cm³/mol. The normalized spacial score (nSPS) is 16.9. The molecule has 0 aliphatic carbocycles. The van der Waals surface area contributed by atoms with E-state index in [2.05, 4.69) is 11.9 Å². The number of hydrogen-bond acceptors (Lipinski definition) is 4. The number of sulfonamides is 1. The number of carbonyl (C=O) groups is 1. The van der Waals surface area contributed by atoms with Crippen LogP contribution in [0.2, 0.25) is 0 Å². The molecule has 0 saturated carbocycles. The first-order valence-corrected chi connectivity index (χ1v) is 9.02. The predicted octanol–water partition coefficient (Wildman–Crippen LogP) is 2.00. The van der Waals surface area contributed by atoms with Crippen LogP contribution in [0, 0.1) is 0 Å². The van der Waals surface area contributed by atoms with Gasteiger partial charge in [0.1, 0.15) is 6.10 Å². The van der Waals surface area contributed by atoms with Gasteiger partial charge in [0, 0.05) is 18.8 Å². The lowest BCUT2D eigenvalue weighted by atomic mass is 10.3. The molecule has 0 spiro atoms. The van der Waals surface area contributed by atoms with Crippen LogP contribution in [-0.4, -0.2) is 44.4 Å². The second-order valence-electron chi connectivity index (χ2n) is 5.39. The number of nitrogens with zero attached hydrogens (tertiary/aromatic N) is 1. The van der Waals surface area contributed by atoms with E-state index in [4.69, 9.17) is 4.74 Å². The monoisotopic (exact) mass is 338 g/mol. The Bertz CT molecular complexity index is 666. The van der Waals surface area contributed by atoms with Gasteiger partial charge < -0.3 is 10.1 Å². The van der Waals surface area contributed by atoms with Crippen LogP contribution in [0.15, 0.2) is 41.8 Å². The summed E-state index contributed by atoms with van der Waals surface area (Å²) in [4.78, 5) is 12.2. The van der Waals surface area contributed by atoms with Crippen LogP contribution >= 0.6 is 0 Å². The highest BCUT2D eigenvalue weighted by Gasteiger charge is 2.27. The van der Waals surface area contributed by atoms with Crippen LogP contribution in [0.25, 0.3) is 0 Å². The van der Waals surface area contributed by atoms with Gasteiger partial charge >= 0.3 is 0 Å². The molecule has 1 aromatic carbocycles. The van der Waals surface area contributed by atoms with Crippen molar-refractivity contribution < 1.29 is 17.9 Å². The van der Waals surface area contributed by atoms with Crippen LogP contribution in [0.1, 0.15) is 19.8 Å². The zero-order valence-corrected chi connectivity index (χ0v) is 14.0. The van der Waals surface area contributed by atoms with E-state index in [-0.39, 0.29) is 17.4 Å². The fourth-order valence-corrected chi connectivity index (χ4v) is 3.91. The van der Waals surface area contributed by atoms with Gasteiger partial charge in [-0.25, -0.2) is 8.42 Å². The van der Waals surface area contributed by atoms with Crippen LogP contribution in [-0.2, 0) is 19.6 Å². The first-order chi connectivity index (χ1) is 10.9. The minimum atomic E-state index is -3.49. The van der Waals surface area contributed by atoms with Gasteiger partial charge in [-0.05, 0) is 38.0 Å². The molecule has 1 aliphatic heterocycles. The molecule has 0 unspecified atom stereocenters.